The van der Waals surface area contributed by atoms with Crippen LogP contribution in [0.2, 0.25) is 0 Å². The van der Waals surface area contributed by atoms with Gasteiger partial charge in [0.25, 0.3) is 0 Å². The third-order valence-electron chi connectivity index (χ3n) is 2.40. The van der Waals surface area contributed by atoms with Crippen molar-refractivity contribution in [1.29, 1.82) is 0 Å². The van der Waals surface area contributed by atoms with Crippen molar-refractivity contribution >= 4 is 0 Å². The maximum absolute atomic E-state index is 5.44. The summed E-state index contributed by atoms with van der Waals surface area (Å²) < 4.78 is 1.89. The highest BCUT2D eigenvalue weighted by Crippen LogP contribution is 2.09. The molecule has 72 valence electrons. The molecule has 1 aliphatic heterocycles. The summed E-state index contributed by atoms with van der Waals surface area (Å²) in [6, 6.07) is 0. The second kappa shape index (κ2) is 3.85. The van der Waals surface area contributed by atoms with Crippen molar-refractivity contribution in [3.8, 4) is 0 Å². The number of nitrogens with one attached hydrogen (secondary N) is 1. The van der Waals surface area contributed by atoms with E-state index in [1.165, 1.54) is 6.42 Å². The van der Waals surface area contributed by atoms with E-state index in [1.807, 2.05) is 10.9 Å². The lowest BCUT2D eigenvalue weighted by Gasteiger charge is -2.06. The second-order valence-corrected chi connectivity index (χ2v) is 3.49. The summed E-state index contributed by atoms with van der Waals surface area (Å²) in [6.07, 6.45) is 3.16. The van der Waals surface area contributed by atoms with Crippen molar-refractivity contribution in [3.05, 3.63) is 11.9 Å². The molecule has 1 unspecified atom stereocenters. The van der Waals surface area contributed by atoms with Crippen LogP contribution >= 0.6 is 0 Å². The normalized spacial score (nSPS) is 22.4. The van der Waals surface area contributed by atoms with Gasteiger partial charge in [-0.3, -0.25) is 4.68 Å². The molecule has 2 rings (SSSR count). The first-order valence-electron chi connectivity index (χ1n) is 4.68. The standard InChI is InChI=1S/C8H15N5/c9-3-8-6-13(12-11-8)5-7-1-2-10-4-7/h6-7,10H,1-5,9H2. The maximum Gasteiger partial charge on any atom is 0.0962 e. The summed E-state index contributed by atoms with van der Waals surface area (Å²) in [4.78, 5) is 0. The Bertz CT molecular complexity index is 263. The third-order valence-corrected chi connectivity index (χ3v) is 2.40. The van der Waals surface area contributed by atoms with Crippen molar-refractivity contribution < 1.29 is 0 Å². The number of nitrogens with zero attached hydrogens (tertiary/aromatic N) is 3. The molecular weight excluding hydrogens is 166 g/mol. The van der Waals surface area contributed by atoms with E-state index in [9.17, 15) is 0 Å². The minimum Gasteiger partial charge on any atom is -0.325 e. The van der Waals surface area contributed by atoms with Gasteiger partial charge in [-0.1, -0.05) is 5.21 Å². The van der Waals surface area contributed by atoms with E-state index in [-0.39, 0.29) is 0 Å². The van der Waals surface area contributed by atoms with Crippen molar-refractivity contribution in [2.45, 2.75) is 19.5 Å². The Hall–Kier alpha value is -0.940. The van der Waals surface area contributed by atoms with Gasteiger partial charge in [0, 0.05) is 19.3 Å². The van der Waals surface area contributed by atoms with Gasteiger partial charge in [-0.2, -0.15) is 0 Å². The van der Waals surface area contributed by atoms with E-state index in [1.54, 1.807) is 0 Å². The van der Waals surface area contributed by atoms with Crippen molar-refractivity contribution in [3.63, 3.8) is 0 Å². The lowest BCUT2D eigenvalue weighted by atomic mass is 10.1. The Labute approximate surface area is 77.3 Å². The number of aromatic nitrogens is 3. The van der Waals surface area contributed by atoms with Crippen LogP contribution in [-0.4, -0.2) is 28.1 Å². The third kappa shape index (κ3) is 2.05. The molecule has 1 saturated heterocycles. The predicted octanol–water partition coefficient (Wildman–Crippen LogP) is -0.654. The van der Waals surface area contributed by atoms with Gasteiger partial charge in [-0.05, 0) is 25.4 Å². The predicted molar refractivity (Wildman–Crippen MR) is 48.9 cm³/mol. The first-order chi connectivity index (χ1) is 6.38. The van der Waals surface area contributed by atoms with E-state index in [2.05, 4.69) is 15.6 Å². The Balaban J connectivity index is 1.92. The van der Waals surface area contributed by atoms with Crippen LogP contribution in [-0.2, 0) is 13.1 Å². The van der Waals surface area contributed by atoms with E-state index in [0.717, 1.165) is 25.3 Å². The minimum absolute atomic E-state index is 0.475. The summed E-state index contributed by atoms with van der Waals surface area (Å²) in [5.41, 5.74) is 6.31. The van der Waals surface area contributed by atoms with Crippen LogP contribution in [0.15, 0.2) is 6.20 Å². The van der Waals surface area contributed by atoms with Crippen LogP contribution in [0, 0.1) is 5.92 Å². The highest BCUT2D eigenvalue weighted by Gasteiger charge is 2.15. The lowest BCUT2D eigenvalue weighted by molar-refractivity contribution is 0.441. The van der Waals surface area contributed by atoms with Crippen LogP contribution in [0.25, 0.3) is 0 Å². The molecule has 0 bridgehead atoms. The maximum atomic E-state index is 5.44. The zero-order chi connectivity index (χ0) is 9.10. The van der Waals surface area contributed by atoms with Crippen LogP contribution < -0.4 is 11.1 Å². The molecule has 1 fully saturated rings. The molecular formula is C8H15N5. The molecule has 0 saturated carbocycles. The first-order valence-corrected chi connectivity index (χ1v) is 4.68. The second-order valence-electron chi connectivity index (χ2n) is 3.49. The molecule has 0 spiro atoms. The molecule has 5 heteroatoms. The SMILES string of the molecule is NCc1cn(CC2CCNC2)nn1. The van der Waals surface area contributed by atoms with Crippen LogP contribution in [0.1, 0.15) is 12.1 Å². The lowest BCUT2D eigenvalue weighted by Crippen LogP contribution is -2.14. The van der Waals surface area contributed by atoms with E-state index < -0.39 is 0 Å². The van der Waals surface area contributed by atoms with Gasteiger partial charge >= 0.3 is 0 Å². The van der Waals surface area contributed by atoms with Crippen LogP contribution in [0.4, 0.5) is 0 Å². The van der Waals surface area contributed by atoms with E-state index in [4.69, 9.17) is 5.73 Å². The largest absolute Gasteiger partial charge is 0.325 e. The van der Waals surface area contributed by atoms with Crippen LogP contribution in [0.3, 0.4) is 0 Å². The van der Waals surface area contributed by atoms with Crippen molar-refractivity contribution in [2.24, 2.45) is 11.7 Å². The summed E-state index contributed by atoms with van der Waals surface area (Å²) >= 11 is 0. The van der Waals surface area contributed by atoms with Gasteiger partial charge in [-0.15, -0.1) is 5.10 Å². The first kappa shape index (κ1) is 8.65. The fourth-order valence-electron chi connectivity index (χ4n) is 1.66. The molecule has 1 aliphatic rings. The highest BCUT2D eigenvalue weighted by atomic mass is 15.4. The molecule has 1 aromatic rings. The van der Waals surface area contributed by atoms with Crippen LogP contribution in [0.5, 0.6) is 0 Å². The number of hydrogen-bond acceptors (Lipinski definition) is 4. The fourth-order valence-corrected chi connectivity index (χ4v) is 1.66. The minimum atomic E-state index is 0.475. The van der Waals surface area contributed by atoms with Gasteiger partial charge < -0.3 is 11.1 Å². The van der Waals surface area contributed by atoms with Crippen molar-refractivity contribution in [1.82, 2.24) is 20.3 Å². The Morgan fingerprint density at radius 1 is 1.69 bits per heavy atom. The highest BCUT2D eigenvalue weighted by molar-refractivity contribution is 4.90. The quantitative estimate of drug-likeness (QED) is 0.650. The Morgan fingerprint density at radius 2 is 2.62 bits per heavy atom. The summed E-state index contributed by atoms with van der Waals surface area (Å²) in [7, 11) is 0. The molecule has 0 aliphatic carbocycles. The Kier molecular flexibility index (Phi) is 2.56. The molecule has 1 aromatic heterocycles. The fraction of sp³-hybridized carbons (Fsp3) is 0.750. The topological polar surface area (TPSA) is 68.8 Å². The molecule has 13 heavy (non-hydrogen) atoms. The van der Waals surface area contributed by atoms with E-state index >= 15 is 0 Å². The number of hydrogen-bond donors (Lipinski definition) is 2. The van der Waals surface area contributed by atoms with Gasteiger partial charge in [0.2, 0.25) is 0 Å². The average Bonchev–Trinajstić information content (AvgIpc) is 2.76. The molecule has 0 amide bonds. The summed E-state index contributed by atoms with van der Waals surface area (Å²) in [6.45, 7) is 3.66. The van der Waals surface area contributed by atoms with Gasteiger partial charge in [-0.25, -0.2) is 0 Å². The summed E-state index contributed by atoms with van der Waals surface area (Å²) in [5, 5.41) is 11.3. The molecule has 5 nitrogen and oxygen atoms in total. The smallest absolute Gasteiger partial charge is 0.0962 e. The van der Waals surface area contributed by atoms with E-state index in [0.29, 0.717) is 12.5 Å². The molecule has 1 atom stereocenters. The van der Waals surface area contributed by atoms with Gasteiger partial charge in [0.05, 0.1) is 5.69 Å². The molecule has 0 aromatic carbocycles. The number of nitrogens with two attached hydrogens (primary N) is 1. The average molecular weight is 181 g/mol. The molecule has 2 heterocycles. The zero-order valence-electron chi connectivity index (χ0n) is 7.61. The van der Waals surface area contributed by atoms with Gasteiger partial charge in [0.15, 0.2) is 0 Å². The molecule has 0 radical (unpaired) electrons. The number of rotatable bonds is 3. The van der Waals surface area contributed by atoms with Gasteiger partial charge in [0.1, 0.15) is 0 Å². The zero-order valence-corrected chi connectivity index (χ0v) is 7.61. The summed E-state index contributed by atoms with van der Waals surface area (Å²) in [5.74, 6) is 0.701. The van der Waals surface area contributed by atoms with Crippen molar-refractivity contribution in [2.75, 3.05) is 13.1 Å². The Morgan fingerprint density at radius 3 is 3.23 bits per heavy atom. The molecule has 3 N–H and O–H groups in total. The monoisotopic (exact) mass is 181 g/mol.